The molecule has 0 fully saturated rings. The van der Waals surface area contributed by atoms with E-state index in [9.17, 15) is 18.0 Å². The Bertz CT molecular complexity index is 1270. The zero-order valence-corrected chi connectivity index (χ0v) is 19.1. The lowest BCUT2D eigenvalue weighted by Gasteiger charge is -2.08. The molecule has 162 valence electrons. The molecule has 0 saturated carbocycles. The van der Waals surface area contributed by atoms with E-state index in [4.69, 9.17) is 0 Å². The Hall–Kier alpha value is -3.24. The number of sulfonamides is 1. The van der Waals surface area contributed by atoms with Gasteiger partial charge in [-0.2, -0.15) is 0 Å². The minimum atomic E-state index is -3.84. The molecule has 3 aromatic rings. The van der Waals surface area contributed by atoms with Crippen molar-refractivity contribution in [1.29, 1.82) is 0 Å². The molecule has 31 heavy (non-hydrogen) atoms. The highest BCUT2D eigenvalue weighted by Gasteiger charge is 2.22. The number of amides is 2. The minimum Gasteiger partial charge on any atom is -0.326 e. The summed E-state index contributed by atoms with van der Waals surface area (Å²) in [5.74, 6) is -0.644. The van der Waals surface area contributed by atoms with Crippen molar-refractivity contribution in [3.8, 4) is 0 Å². The van der Waals surface area contributed by atoms with Crippen LogP contribution in [0, 0.1) is 20.8 Å². The molecule has 0 aliphatic heterocycles. The van der Waals surface area contributed by atoms with E-state index in [1.54, 1.807) is 56.3 Å². The van der Waals surface area contributed by atoms with Crippen LogP contribution in [0.1, 0.15) is 33.4 Å². The van der Waals surface area contributed by atoms with Gasteiger partial charge in [0.25, 0.3) is 15.9 Å². The molecule has 0 bridgehead atoms. The number of nitrogens with zero attached hydrogens (tertiary/aromatic N) is 1. The summed E-state index contributed by atoms with van der Waals surface area (Å²) >= 11 is 0.949. The van der Waals surface area contributed by atoms with Gasteiger partial charge in [0.15, 0.2) is 5.13 Å². The van der Waals surface area contributed by atoms with Crippen LogP contribution >= 0.6 is 11.3 Å². The van der Waals surface area contributed by atoms with Crippen LogP contribution in [-0.4, -0.2) is 25.2 Å². The second kappa shape index (κ2) is 8.86. The van der Waals surface area contributed by atoms with E-state index in [1.807, 2.05) is 6.92 Å². The van der Waals surface area contributed by atoms with Crippen molar-refractivity contribution in [2.75, 3.05) is 15.4 Å². The zero-order chi connectivity index (χ0) is 22.8. The summed E-state index contributed by atoms with van der Waals surface area (Å²) in [7, 11) is -3.84. The van der Waals surface area contributed by atoms with Crippen LogP contribution in [0.5, 0.6) is 0 Å². The first kappa shape index (κ1) is 22.4. The smallest absolute Gasteiger partial charge is 0.267 e. The molecule has 2 amide bonds. The number of hydrogen-bond acceptors (Lipinski definition) is 6. The Morgan fingerprint density at radius 2 is 1.65 bits per heavy atom. The first-order chi connectivity index (χ1) is 14.5. The van der Waals surface area contributed by atoms with Gasteiger partial charge < -0.3 is 10.6 Å². The number of nitrogens with one attached hydrogen (secondary N) is 3. The van der Waals surface area contributed by atoms with Gasteiger partial charge in [0.2, 0.25) is 5.91 Å². The molecule has 0 spiro atoms. The van der Waals surface area contributed by atoms with E-state index in [0.29, 0.717) is 22.6 Å². The highest BCUT2D eigenvalue weighted by Crippen LogP contribution is 2.27. The predicted octanol–water partition coefficient (Wildman–Crippen LogP) is 4.08. The van der Waals surface area contributed by atoms with Crippen molar-refractivity contribution in [2.24, 2.45) is 0 Å². The largest absolute Gasteiger partial charge is 0.326 e. The SMILES string of the molecule is CC(=O)Nc1cccc(NC(=O)c2sc(NS(=O)(=O)c3ccc(C)cc3C)nc2C)c1. The number of carbonyl (C=O) groups is 2. The van der Waals surface area contributed by atoms with Crippen molar-refractivity contribution in [3.63, 3.8) is 0 Å². The molecule has 0 saturated heterocycles. The van der Waals surface area contributed by atoms with Gasteiger partial charge in [-0.15, -0.1) is 0 Å². The second-order valence-corrected chi connectivity index (χ2v) is 9.67. The van der Waals surface area contributed by atoms with Crippen molar-refractivity contribution in [2.45, 2.75) is 32.6 Å². The quantitative estimate of drug-likeness (QED) is 0.514. The summed E-state index contributed by atoms with van der Waals surface area (Å²) in [4.78, 5) is 28.6. The number of carbonyl (C=O) groups excluding carboxylic acids is 2. The van der Waals surface area contributed by atoms with Crippen LogP contribution in [0.15, 0.2) is 47.4 Å². The lowest BCUT2D eigenvalue weighted by atomic mass is 10.2. The lowest BCUT2D eigenvalue weighted by molar-refractivity contribution is -0.114. The van der Waals surface area contributed by atoms with E-state index in [1.165, 1.54) is 6.92 Å². The van der Waals surface area contributed by atoms with Crippen LogP contribution in [0.3, 0.4) is 0 Å². The third-order valence-corrected chi connectivity index (χ3v) is 6.99. The van der Waals surface area contributed by atoms with Gasteiger partial charge in [0.1, 0.15) is 4.88 Å². The standard InChI is InChI=1S/C21H22N4O4S2/c1-12-8-9-18(13(2)10-12)31(28,29)25-21-22-14(3)19(30-21)20(27)24-17-7-5-6-16(11-17)23-15(4)26/h5-11H,1-4H3,(H,22,25)(H,23,26)(H,24,27). The Morgan fingerprint density at radius 1 is 0.968 bits per heavy atom. The molecule has 8 nitrogen and oxygen atoms in total. The summed E-state index contributed by atoms with van der Waals surface area (Å²) in [6, 6.07) is 11.8. The normalized spacial score (nSPS) is 11.1. The van der Waals surface area contributed by atoms with Gasteiger partial charge in [-0.1, -0.05) is 35.1 Å². The molecule has 3 N–H and O–H groups in total. The summed E-state index contributed by atoms with van der Waals surface area (Å²) in [6.07, 6.45) is 0. The first-order valence-electron chi connectivity index (χ1n) is 9.31. The van der Waals surface area contributed by atoms with Crippen molar-refractivity contribution in [1.82, 2.24) is 4.98 Å². The van der Waals surface area contributed by atoms with E-state index in [0.717, 1.165) is 16.9 Å². The lowest BCUT2D eigenvalue weighted by Crippen LogP contribution is -2.14. The third-order valence-electron chi connectivity index (χ3n) is 4.29. The molecule has 1 heterocycles. The number of benzene rings is 2. The van der Waals surface area contributed by atoms with Gasteiger partial charge in [-0.25, -0.2) is 13.4 Å². The van der Waals surface area contributed by atoms with Crippen molar-refractivity contribution >= 4 is 49.7 Å². The number of anilines is 3. The second-order valence-electron chi connectivity index (χ2n) is 7.02. The maximum absolute atomic E-state index is 12.8. The molecular weight excluding hydrogens is 436 g/mol. The molecule has 1 aromatic heterocycles. The number of hydrogen-bond donors (Lipinski definition) is 3. The number of rotatable bonds is 6. The zero-order valence-electron chi connectivity index (χ0n) is 17.4. The summed E-state index contributed by atoms with van der Waals surface area (Å²) in [5, 5.41) is 5.49. The highest BCUT2D eigenvalue weighted by atomic mass is 32.2. The summed E-state index contributed by atoms with van der Waals surface area (Å²) in [6.45, 7) is 6.64. The average Bonchev–Trinajstić information content (AvgIpc) is 3.00. The van der Waals surface area contributed by atoms with E-state index >= 15 is 0 Å². The maximum atomic E-state index is 12.8. The maximum Gasteiger partial charge on any atom is 0.267 e. The Labute approximate surface area is 184 Å². The fourth-order valence-electron chi connectivity index (χ4n) is 2.99. The van der Waals surface area contributed by atoms with Gasteiger partial charge >= 0.3 is 0 Å². The van der Waals surface area contributed by atoms with Crippen LogP contribution in [0.4, 0.5) is 16.5 Å². The number of thiazole rings is 1. The first-order valence-corrected chi connectivity index (χ1v) is 11.6. The van der Waals surface area contributed by atoms with Crippen LogP contribution in [0.25, 0.3) is 0 Å². The molecule has 10 heteroatoms. The molecule has 0 unspecified atom stereocenters. The summed E-state index contributed by atoms with van der Waals surface area (Å²) < 4.78 is 28.0. The molecule has 3 rings (SSSR count). The van der Waals surface area contributed by atoms with E-state index < -0.39 is 15.9 Å². The van der Waals surface area contributed by atoms with E-state index in [2.05, 4.69) is 20.3 Å². The monoisotopic (exact) mass is 458 g/mol. The Kier molecular flexibility index (Phi) is 6.42. The van der Waals surface area contributed by atoms with Gasteiger partial charge in [-0.05, 0) is 50.6 Å². The molecule has 0 aliphatic rings. The Balaban J connectivity index is 1.79. The van der Waals surface area contributed by atoms with Gasteiger partial charge in [0.05, 0.1) is 10.6 Å². The topological polar surface area (TPSA) is 117 Å². The highest BCUT2D eigenvalue weighted by molar-refractivity contribution is 7.93. The molecular formula is C21H22N4O4S2. The Morgan fingerprint density at radius 3 is 2.29 bits per heavy atom. The average molecular weight is 459 g/mol. The third kappa shape index (κ3) is 5.47. The molecule has 0 atom stereocenters. The fraction of sp³-hybridized carbons (Fsp3) is 0.190. The van der Waals surface area contributed by atoms with Crippen LogP contribution in [-0.2, 0) is 14.8 Å². The number of aromatic nitrogens is 1. The fourth-order valence-corrected chi connectivity index (χ4v) is 5.31. The number of aryl methyl sites for hydroxylation is 3. The predicted molar refractivity (Wildman–Crippen MR) is 122 cm³/mol. The van der Waals surface area contributed by atoms with Crippen LogP contribution in [0.2, 0.25) is 0 Å². The van der Waals surface area contributed by atoms with Gasteiger partial charge in [0, 0.05) is 18.3 Å². The van der Waals surface area contributed by atoms with Gasteiger partial charge in [-0.3, -0.25) is 14.3 Å². The molecule has 0 aliphatic carbocycles. The minimum absolute atomic E-state index is 0.106. The molecule has 2 aromatic carbocycles. The van der Waals surface area contributed by atoms with E-state index in [-0.39, 0.29) is 20.8 Å². The van der Waals surface area contributed by atoms with Crippen molar-refractivity contribution in [3.05, 3.63) is 64.2 Å². The molecule has 0 radical (unpaired) electrons. The van der Waals surface area contributed by atoms with Crippen LogP contribution < -0.4 is 15.4 Å². The van der Waals surface area contributed by atoms with Crippen molar-refractivity contribution < 1.29 is 18.0 Å². The summed E-state index contributed by atoms with van der Waals surface area (Å²) in [5.41, 5.74) is 3.02.